The van der Waals surface area contributed by atoms with Crippen molar-refractivity contribution in [3.05, 3.63) is 38.3 Å². The average Bonchev–Trinajstić information content (AvgIpc) is 2.59. The van der Waals surface area contributed by atoms with Crippen LogP contribution in [0.25, 0.3) is 0 Å². The number of rotatable bonds is 2. The first kappa shape index (κ1) is 15.9. The Labute approximate surface area is 131 Å². The first-order chi connectivity index (χ1) is 9.80. The summed E-state index contributed by atoms with van der Waals surface area (Å²) in [4.78, 5) is 24.5. The second-order valence-electron chi connectivity index (χ2n) is 5.56. The molecule has 1 saturated heterocycles. The van der Waals surface area contributed by atoms with E-state index < -0.39 is 10.5 Å². The van der Waals surface area contributed by atoms with Crippen molar-refractivity contribution in [1.29, 1.82) is 0 Å². The Morgan fingerprint density at radius 3 is 2.81 bits per heavy atom. The van der Waals surface area contributed by atoms with Gasteiger partial charge in [0.05, 0.1) is 16.1 Å². The van der Waals surface area contributed by atoms with E-state index in [9.17, 15) is 20.0 Å². The smallest absolute Gasteiger partial charge is 0.270 e. The van der Waals surface area contributed by atoms with Crippen molar-refractivity contribution in [3.8, 4) is 0 Å². The third kappa shape index (κ3) is 3.79. The fourth-order valence-electron chi connectivity index (χ4n) is 2.43. The van der Waals surface area contributed by atoms with Crippen molar-refractivity contribution in [1.82, 2.24) is 4.90 Å². The standard InChI is InChI=1S/C14H17BrN2O4/c1-14(19)5-2-7-16(8-6-14)13(18)11-9-10(17(20)21)3-4-12(11)15/h3-4,9,19H,2,5-8H2,1H3. The lowest BCUT2D eigenvalue weighted by atomic mass is 9.98. The number of amides is 1. The maximum Gasteiger partial charge on any atom is 0.270 e. The summed E-state index contributed by atoms with van der Waals surface area (Å²) in [6.45, 7) is 2.76. The summed E-state index contributed by atoms with van der Waals surface area (Å²) < 4.78 is 0.536. The number of halogens is 1. The largest absolute Gasteiger partial charge is 0.390 e. The third-order valence-electron chi connectivity index (χ3n) is 3.74. The number of nitrogens with zero attached hydrogens (tertiary/aromatic N) is 2. The number of hydrogen-bond donors (Lipinski definition) is 1. The van der Waals surface area contributed by atoms with E-state index in [0.29, 0.717) is 36.8 Å². The monoisotopic (exact) mass is 356 g/mol. The Hall–Kier alpha value is -1.47. The quantitative estimate of drug-likeness (QED) is 0.652. The van der Waals surface area contributed by atoms with Crippen LogP contribution in [0.1, 0.15) is 36.5 Å². The van der Waals surface area contributed by atoms with E-state index in [2.05, 4.69) is 15.9 Å². The molecule has 1 atom stereocenters. The number of nitro benzene ring substituents is 1. The molecule has 0 aromatic heterocycles. The lowest BCUT2D eigenvalue weighted by Gasteiger charge is -2.23. The molecule has 1 aliphatic rings. The maximum absolute atomic E-state index is 12.6. The van der Waals surface area contributed by atoms with Crippen molar-refractivity contribution in [2.75, 3.05) is 13.1 Å². The van der Waals surface area contributed by atoms with Gasteiger partial charge in [0.1, 0.15) is 0 Å². The first-order valence-electron chi connectivity index (χ1n) is 6.76. The second-order valence-corrected chi connectivity index (χ2v) is 6.42. The number of likely N-dealkylation sites (tertiary alicyclic amines) is 1. The van der Waals surface area contributed by atoms with Crippen LogP contribution in [-0.2, 0) is 0 Å². The molecule has 1 aromatic carbocycles. The van der Waals surface area contributed by atoms with Gasteiger partial charge in [0.2, 0.25) is 0 Å². The molecule has 0 saturated carbocycles. The predicted molar refractivity (Wildman–Crippen MR) is 81.2 cm³/mol. The van der Waals surface area contributed by atoms with Crippen molar-refractivity contribution < 1.29 is 14.8 Å². The number of hydrogen-bond acceptors (Lipinski definition) is 4. The average molecular weight is 357 g/mol. The van der Waals surface area contributed by atoms with Crippen LogP contribution in [0, 0.1) is 10.1 Å². The van der Waals surface area contributed by atoms with Crippen LogP contribution in [0.3, 0.4) is 0 Å². The maximum atomic E-state index is 12.6. The molecule has 7 heteroatoms. The molecule has 21 heavy (non-hydrogen) atoms. The SMILES string of the molecule is CC1(O)CCCN(C(=O)c2cc([N+](=O)[O-])ccc2Br)CC1. The summed E-state index contributed by atoms with van der Waals surface area (Å²) in [6, 6.07) is 4.16. The van der Waals surface area contributed by atoms with Crippen LogP contribution in [0.2, 0.25) is 0 Å². The topological polar surface area (TPSA) is 83.7 Å². The number of carbonyl (C=O) groups is 1. The Bertz CT molecular complexity index is 574. The lowest BCUT2D eigenvalue weighted by Crippen LogP contribution is -2.33. The van der Waals surface area contributed by atoms with Crippen LogP contribution >= 0.6 is 15.9 Å². The summed E-state index contributed by atoms with van der Waals surface area (Å²) >= 11 is 3.27. The van der Waals surface area contributed by atoms with E-state index in [0.717, 1.165) is 0 Å². The van der Waals surface area contributed by atoms with Crippen molar-refractivity contribution >= 4 is 27.5 Å². The molecular weight excluding hydrogens is 340 g/mol. The molecule has 1 heterocycles. The number of nitro groups is 1. The zero-order valence-electron chi connectivity index (χ0n) is 11.7. The van der Waals surface area contributed by atoms with Crippen LogP contribution in [0.4, 0.5) is 5.69 Å². The van der Waals surface area contributed by atoms with E-state index >= 15 is 0 Å². The summed E-state index contributed by atoms with van der Waals surface area (Å²) in [5, 5.41) is 20.9. The van der Waals surface area contributed by atoms with Crippen LogP contribution in [-0.4, -0.2) is 39.5 Å². The summed E-state index contributed by atoms with van der Waals surface area (Å²) in [7, 11) is 0. The molecule has 1 unspecified atom stereocenters. The molecule has 2 rings (SSSR count). The Morgan fingerprint density at radius 2 is 2.14 bits per heavy atom. The molecule has 1 fully saturated rings. The van der Waals surface area contributed by atoms with Crippen molar-refractivity contribution in [2.45, 2.75) is 31.8 Å². The molecular formula is C14H17BrN2O4. The number of non-ortho nitro benzene ring substituents is 1. The Balaban J connectivity index is 2.23. The predicted octanol–water partition coefficient (Wildman–Crippen LogP) is 2.73. The highest BCUT2D eigenvalue weighted by Gasteiger charge is 2.28. The third-order valence-corrected chi connectivity index (χ3v) is 4.43. The molecule has 0 bridgehead atoms. The van der Waals surface area contributed by atoms with Gasteiger partial charge in [-0.1, -0.05) is 0 Å². The molecule has 1 aliphatic heterocycles. The highest BCUT2D eigenvalue weighted by Crippen LogP contribution is 2.26. The van der Waals surface area contributed by atoms with Crippen LogP contribution in [0.5, 0.6) is 0 Å². The van der Waals surface area contributed by atoms with Crippen molar-refractivity contribution in [2.24, 2.45) is 0 Å². The van der Waals surface area contributed by atoms with Gasteiger partial charge in [0.15, 0.2) is 0 Å². The molecule has 0 spiro atoms. The van der Waals surface area contributed by atoms with Crippen LogP contribution in [0.15, 0.2) is 22.7 Å². The van der Waals surface area contributed by atoms with Gasteiger partial charge >= 0.3 is 0 Å². The minimum absolute atomic E-state index is 0.108. The van der Waals surface area contributed by atoms with E-state index in [4.69, 9.17) is 0 Å². The zero-order chi connectivity index (χ0) is 15.6. The zero-order valence-corrected chi connectivity index (χ0v) is 13.3. The summed E-state index contributed by atoms with van der Waals surface area (Å²) in [5.74, 6) is -0.247. The van der Waals surface area contributed by atoms with Crippen molar-refractivity contribution in [3.63, 3.8) is 0 Å². The molecule has 1 aromatic rings. The minimum atomic E-state index is -0.755. The van der Waals surface area contributed by atoms with E-state index in [1.807, 2.05) is 0 Å². The van der Waals surface area contributed by atoms with Gasteiger partial charge in [-0.2, -0.15) is 0 Å². The fraction of sp³-hybridized carbons (Fsp3) is 0.500. The van der Waals surface area contributed by atoms with Gasteiger partial charge in [0, 0.05) is 29.7 Å². The molecule has 1 amide bonds. The van der Waals surface area contributed by atoms with E-state index in [1.54, 1.807) is 11.8 Å². The van der Waals surface area contributed by atoms with Gasteiger partial charge in [0.25, 0.3) is 11.6 Å². The number of aliphatic hydroxyl groups is 1. The lowest BCUT2D eigenvalue weighted by molar-refractivity contribution is -0.384. The summed E-state index contributed by atoms with van der Waals surface area (Å²) in [6.07, 6.45) is 1.86. The highest BCUT2D eigenvalue weighted by molar-refractivity contribution is 9.10. The normalized spacial score (nSPS) is 22.7. The number of benzene rings is 1. The Kier molecular flexibility index (Phi) is 4.63. The summed E-state index contributed by atoms with van der Waals surface area (Å²) in [5.41, 5.74) is -0.580. The fourth-order valence-corrected chi connectivity index (χ4v) is 2.84. The van der Waals surface area contributed by atoms with Gasteiger partial charge in [-0.25, -0.2) is 0 Å². The minimum Gasteiger partial charge on any atom is -0.390 e. The van der Waals surface area contributed by atoms with Crippen LogP contribution < -0.4 is 0 Å². The molecule has 114 valence electrons. The molecule has 6 nitrogen and oxygen atoms in total. The molecule has 1 N–H and O–H groups in total. The van der Waals surface area contributed by atoms with E-state index in [-0.39, 0.29) is 17.2 Å². The first-order valence-corrected chi connectivity index (χ1v) is 7.55. The van der Waals surface area contributed by atoms with Gasteiger partial charge in [-0.15, -0.1) is 0 Å². The van der Waals surface area contributed by atoms with Gasteiger partial charge < -0.3 is 10.0 Å². The van der Waals surface area contributed by atoms with Gasteiger partial charge in [-0.05, 0) is 48.2 Å². The van der Waals surface area contributed by atoms with Gasteiger partial charge in [-0.3, -0.25) is 14.9 Å². The molecule has 0 radical (unpaired) electrons. The number of carbonyl (C=O) groups excluding carboxylic acids is 1. The molecule has 0 aliphatic carbocycles. The second kappa shape index (κ2) is 6.11. The highest BCUT2D eigenvalue weighted by atomic mass is 79.9. The Morgan fingerprint density at radius 1 is 1.43 bits per heavy atom. The van der Waals surface area contributed by atoms with E-state index in [1.165, 1.54) is 18.2 Å².